The van der Waals surface area contributed by atoms with Crippen molar-refractivity contribution < 1.29 is 9.72 Å². The molecule has 1 aromatic carbocycles. The van der Waals surface area contributed by atoms with Crippen LogP contribution in [-0.2, 0) is 0 Å². The number of benzene rings is 1. The lowest BCUT2D eigenvalue weighted by Gasteiger charge is -2.12. The first-order valence-electron chi connectivity index (χ1n) is 6.07. The first-order valence-corrected chi connectivity index (χ1v) is 6.60. The van der Waals surface area contributed by atoms with Crippen molar-refractivity contribution in [3.63, 3.8) is 0 Å². The summed E-state index contributed by atoms with van der Waals surface area (Å²) in [5.74, 6) is 0.237. The monoisotopic (exact) mass is 282 g/mol. The van der Waals surface area contributed by atoms with E-state index in [0.717, 1.165) is 12.8 Å². The van der Waals surface area contributed by atoms with E-state index >= 15 is 0 Å². The van der Waals surface area contributed by atoms with Gasteiger partial charge in [-0.25, -0.2) is 0 Å². The number of hydrogen-bond acceptors (Lipinski definition) is 3. The van der Waals surface area contributed by atoms with Crippen molar-refractivity contribution >= 4 is 23.2 Å². The van der Waals surface area contributed by atoms with Crippen LogP contribution in [0.15, 0.2) is 18.2 Å². The number of nitro benzene ring substituents is 1. The minimum Gasteiger partial charge on any atom is -0.351 e. The van der Waals surface area contributed by atoms with Crippen LogP contribution in [0.25, 0.3) is 0 Å². The Morgan fingerprint density at radius 2 is 2.21 bits per heavy atom. The van der Waals surface area contributed by atoms with Gasteiger partial charge in [-0.1, -0.05) is 6.07 Å². The summed E-state index contributed by atoms with van der Waals surface area (Å²) in [4.78, 5) is 22.3. The van der Waals surface area contributed by atoms with Crippen LogP contribution >= 0.6 is 11.6 Å². The lowest BCUT2D eigenvalue weighted by molar-refractivity contribution is -0.385. The molecule has 0 atom stereocenters. The average Bonchev–Trinajstić information content (AvgIpc) is 3.17. The predicted octanol–water partition coefficient (Wildman–Crippen LogP) is 2.65. The van der Waals surface area contributed by atoms with E-state index < -0.39 is 4.92 Å². The number of aryl methyl sites for hydroxylation is 1. The Hall–Kier alpha value is -1.62. The van der Waals surface area contributed by atoms with Crippen LogP contribution in [0.3, 0.4) is 0 Å². The standard InChI is InChI=1S/C13H15ClN2O3/c1-9-2-3-10(6-11(9)16(18)19)12(17)15-8-13(7-14)4-5-13/h2-3,6H,4-5,7-8H2,1H3,(H,15,17). The zero-order chi connectivity index (χ0) is 14.0. The summed E-state index contributed by atoms with van der Waals surface area (Å²) < 4.78 is 0. The highest BCUT2D eigenvalue weighted by atomic mass is 35.5. The molecule has 102 valence electrons. The second kappa shape index (κ2) is 5.17. The van der Waals surface area contributed by atoms with Gasteiger partial charge in [0, 0.05) is 35.0 Å². The molecule has 1 aliphatic carbocycles. The molecule has 6 heteroatoms. The average molecular weight is 283 g/mol. The fraction of sp³-hybridized carbons (Fsp3) is 0.462. The maximum absolute atomic E-state index is 11.9. The van der Waals surface area contributed by atoms with Crippen LogP contribution in [-0.4, -0.2) is 23.3 Å². The molecule has 2 rings (SSSR count). The smallest absolute Gasteiger partial charge is 0.273 e. The molecule has 1 amide bonds. The van der Waals surface area contributed by atoms with Crippen molar-refractivity contribution in [3.05, 3.63) is 39.4 Å². The Balaban J connectivity index is 2.07. The highest BCUT2D eigenvalue weighted by Crippen LogP contribution is 2.45. The normalized spacial score (nSPS) is 15.9. The van der Waals surface area contributed by atoms with Crippen molar-refractivity contribution in [3.8, 4) is 0 Å². The number of amides is 1. The third kappa shape index (κ3) is 3.04. The van der Waals surface area contributed by atoms with Crippen molar-refractivity contribution in [1.82, 2.24) is 5.32 Å². The van der Waals surface area contributed by atoms with Crippen LogP contribution in [0.1, 0.15) is 28.8 Å². The fourth-order valence-corrected chi connectivity index (χ4v) is 2.21. The lowest BCUT2D eigenvalue weighted by atomic mass is 10.1. The lowest BCUT2D eigenvalue weighted by Crippen LogP contribution is -2.31. The Bertz CT molecular complexity index is 527. The Morgan fingerprint density at radius 3 is 2.74 bits per heavy atom. The van der Waals surface area contributed by atoms with Crippen LogP contribution in [0.5, 0.6) is 0 Å². The molecular weight excluding hydrogens is 268 g/mol. The van der Waals surface area contributed by atoms with Gasteiger partial charge in [0.1, 0.15) is 0 Å². The van der Waals surface area contributed by atoms with Gasteiger partial charge in [0.25, 0.3) is 11.6 Å². The molecule has 1 aliphatic rings. The summed E-state index contributed by atoms with van der Waals surface area (Å²) in [5, 5.41) is 13.6. The number of rotatable bonds is 5. The molecule has 1 fully saturated rings. The fourth-order valence-electron chi connectivity index (χ4n) is 1.85. The highest BCUT2D eigenvalue weighted by Gasteiger charge is 2.41. The summed E-state index contributed by atoms with van der Waals surface area (Å²) in [5.41, 5.74) is 0.850. The molecule has 1 aromatic rings. The number of carbonyl (C=O) groups excluding carboxylic acids is 1. The molecular formula is C13H15ClN2O3. The molecule has 0 aromatic heterocycles. The van der Waals surface area contributed by atoms with E-state index in [1.165, 1.54) is 6.07 Å². The quantitative estimate of drug-likeness (QED) is 0.513. The highest BCUT2D eigenvalue weighted by molar-refractivity contribution is 6.18. The molecule has 0 radical (unpaired) electrons. The third-order valence-corrected chi connectivity index (χ3v) is 4.10. The van der Waals surface area contributed by atoms with Crippen molar-refractivity contribution in [1.29, 1.82) is 0 Å². The van der Waals surface area contributed by atoms with Crippen LogP contribution in [0.2, 0.25) is 0 Å². The van der Waals surface area contributed by atoms with Crippen LogP contribution in [0.4, 0.5) is 5.69 Å². The molecule has 19 heavy (non-hydrogen) atoms. The molecule has 0 heterocycles. The molecule has 0 bridgehead atoms. The zero-order valence-electron chi connectivity index (χ0n) is 10.6. The maximum Gasteiger partial charge on any atom is 0.273 e. The van der Waals surface area contributed by atoms with Crippen LogP contribution < -0.4 is 5.32 Å². The molecule has 5 nitrogen and oxygen atoms in total. The van der Waals surface area contributed by atoms with Gasteiger partial charge in [0.05, 0.1) is 4.92 Å². The van der Waals surface area contributed by atoms with Gasteiger partial charge in [-0.3, -0.25) is 14.9 Å². The Morgan fingerprint density at radius 1 is 1.53 bits per heavy atom. The largest absolute Gasteiger partial charge is 0.351 e. The summed E-state index contributed by atoms with van der Waals surface area (Å²) in [6.45, 7) is 2.17. The van der Waals surface area contributed by atoms with E-state index in [-0.39, 0.29) is 17.0 Å². The van der Waals surface area contributed by atoms with Gasteiger partial charge >= 0.3 is 0 Å². The van der Waals surface area contributed by atoms with Gasteiger partial charge in [0.2, 0.25) is 0 Å². The number of halogens is 1. The maximum atomic E-state index is 11.9. The van der Waals surface area contributed by atoms with E-state index in [0.29, 0.717) is 23.6 Å². The third-order valence-electron chi connectivity index (χ3n) is 3.53. The first kappa shape index (κ1) is 13.8. The van der Waals surface area contributed by atoms with Crippen LogP contribution in [0, 0.1) is 22.5 Å². The van der Waals surface area contributed by atoms with E-state index in [4.69, 9.17) is 11.6 Å². The van der Waals surface area contributed by atoms with Gasteiger partial charge in [-0.2, -0.15) is 0 Å². The molecule has 1 saturated carbocycles. The second-order valence-corrected chi connectivity index (χ2v) is 5.34. The number of hydrogen-bond donors (Lipinski definition) is 1. The minimum absolute atomic E-state index is 0.0356. The zero-order valence-corrected chi connectivity index (χ0v) is 11.4. The molecule has 0 unspecified atom stereocenters. The van der Waals surface area contributed by atoms with Crippen molar-refractivity contribution in [2.24, 2.45) is 5.41 Å². The number of alkyl halides is 1. The summed E-state index contributed by atoms with van der Waals surface area (Å²) in [6.07, 6.45) is 2.04. The molecule has 0 spiro atoms. The van der Waals surface area contributed by atoms with E-state index in [1.54, 1.807) is 19.1 Å². The van der Waals surface area contributed by atoms with E-state index in [9.17, 15) is 14.9 Å². The van der Waals surface area contributed by atoms with Gasteiger partial charge in [-0.05, 0) is 25.8 Å². The number of nitrogens with zero attached hydrogens (tertiary/aromatic N) is 1. The summed E-state index contributed by atoms with van der Waals surface area (Å²) >= 11 is 5.83. The van der Waals surface area contributed by atoms with Crippen molar-refractivity contribution in [2.75, 3.05) is 12.4 Å². The molecule has 0 aliphatic heterocycles. The first-order chi connectivity index (χ1) is 8.97. The predicted molar refractivity (Wildman–Crippen MR) is 72.6 cm³/mol. The van der Waals surface area contributed by atoms with E-state index in [1.807, 2.05) is 0 Å². The minimum atomic E-state index is -0.479. The van der Waals surface area contributed by atoms with Gasteiger partial charge in [0.15, 0.2) is 0 Å². The number of nitro groups is 1. The second-order valence-electron chi connectivity index (χ2n) is 5.07. The number of nitrogens with one attached hydrogen (secondary N) is 1. The number of carbonyl (C=O) groups is 1. The SMILES string of the molecule is Cc1ccc(C(=O)NCC2(CCl)CC2)cc1[N+](=O)[O-]. The van der Waals surface area contributed by atoms with E-state index in [2.05, 4.69) is 5.32 Å². The topological polar surface area (TPSA) is 72.2 Å². The van der Waals surface area contributed by atoms with Gasteiger partial charge < -0.3 is 5.32 Å². The Labute approximate surface area is 116 Å². The molecule has 0 saturated heterocycles. The summed E-state index contributed by atoms with van der Waals surface area (Å²) in [6, 6.07) is 4.49. The molecule has 1 N–H and O–H groups in total. The van der Waals surface area contributed by atoms with Crippen molar-refractivity contribution in [2.45, 2.75) is 19.8 Å². The Kier molecular flexibility index (Phi) is 3.75. The van der Waals surface area contributed by atoms with Gasteiger partial charge in [-0.15, -0.1) is 11.6 Å². The summed E-state index contributed by atoms with van der Waals surface area (Å²) in [7, 11) is 0.